The van der Waals surface area contributed by atoms with Crippen LogP contribution in [0.1, 0.15) is 10.4 Å². The van der Waals surface area contributed by atoms with Crippen molar-refractivity contribution in [2.24, 2.45) is 0 Å². The zero-order valence-electron chi connectivity index (χ0n) is 62.6. The molecule has 45 N–H and O–H groups in total. The van der Waals surface area contributed by atoms with Gasteiger partial charge in [-0.3, -0.25) is 4.98 Å². The number of phenols is 1. The topological polar surface area (TPSA) is 754 Å². The molecule has 0 bridgehead atoms. The molecule has 114 heavy (non-hydrogen) atoms. The molecule has 0 atom stereocenters. The number of hydrogen-bond donors (Lipinski definition) is 27. The molecule has 15 aromatic rings. The van der Waals surface area contributed by atoms with Crippen LogP contribution in [0, 0.1) is 0 Å². The van der Waals surface area contributed by atoms with E-state index in [0.717, 1.165) is 50.1 Å². The van der Waals surface area contributed by atoms with E-state index in [9.17, 15) is 4.79 Å². The number of para-hydroxylation sites is 11. The number of aromatic carboxylic acids is 1. The number of aromatic nitrogens is 12. The van der Waals surface area contributed by atoms with E-state index in [1.165, 1.54) is 41.9 Å². The van der Waals surface area contributed by atoms with Crippen molar-refractivity contribution in [2.75, 3.05) is 146 Å². The highest BCUT2D eigenvalue weighted by Crippen LogP contribution is 2.21. The van der Waals surface area contributed by atoms with Gasteiger partial charge in [0.2, 0.25) is 11.8 Å². The van der Waals surface area contributed by atoms with E-state index in [-0.39, 0.29) is 23.0 Å². The summed E-state index contributed by atoms with van der Waals surface area (Å²) in [4.78, 5) is 42.9. The fraction of sp³-hybridized carbons (Fsp3) is 0.0400. The van der Waals surface area contributed by atoms with Gasteiger partial charge in [0, 0.05) is 80.8 Å². The van der Waals surface area contributed by atoms with Crippen LogP contribution >= 0.6 is 12.6 Å². The molecule has 15 rings (SSSR count). The van der Waals surface area contributed by atoms with Crippen LogP contribution in [0.5, 0.6) is 5.75 Å². The van der Waals surface area contributed by atoms with Crippen molar-refractivity contribution in [1.82, 2.24) is 59.7 Å². The third-order valence-corrected chi connectivity index (χ3v) is 13.7. The van der Waals surface area contributed by atoms with E-state index < -0.39 is 5.97 Å². The summed E-state index contributed by atoms with van der Waals surface area (Å²) in [5, 5.41) is 33.4. The number of aromatic hydroxyl groups is 1. The van der Waals surface area contributed by atoms with Gasteiger partial charge in [0.05, 0.1) is 110 Å². The van der Waals surface area contributed by atoms with Gasteiger partial charge in [0.1, 0.15) is 22.9 Å². The van der Waals surface area contributed by atoms with Crippen molar-refractivity contribution in [3.05, 3.63) is 280 Å². The Bertz CT molecular complexity index is 4520. The van der Waals surface area contributed by atoms with Crippen LogP contribution in [-0.4, -0.2) is 97.1 Å². The lowest BCUT2D eigenvalue weighted by molar-refractivity contribution is 0.0698. The molecule has 8 aromatic heterocycles. The molecule has 0 saturated carbocycles. The summed E-state index contributed by atoms with van der Waals surface area (Å²) in [6, 6.07) is 59.8. The molecule has 0 saturated heterocycles. The lowest BCUT2D eigenvalue weighted by atomic mass is 10.2. The number of aromatic amines is 2. The number of imidazole rings is 3. The van der Waals surface area contributed by atoms with Crippen LogP contribution in [0.3, 0.4) is 0 Å². The first-order chi connectivity index (χ1) is 54.5. The normalized spacial score (nSPS) is 9.12. The molecule has 8 heterocycles. The zero-order chi connectivity index (χ0) is 84.6. The fourth-order valence-corrected chi connectivity index (χ4v) is 7.40. The number of rotatable bonds is 4. The highest BCUT2D eigenvalue weighted by atomic mass is 32.1. The van der Waals surface area contributed by atoms with E-state index >= 15 is 0 Å². The average Bonchev–Trinajstić information content (AvgIpc) is 1.68. The Kier molecular flexibility index (Phi) is 44.3. The molecule has 0 radical (unpaired) electrons. The summed E-state index contributed by atoms with van der Waals surface area (Å²) in [7, 11) is 5.68. The largest absolute Gasteiger partial charge is 0.506 e. The summed E-state index contributed by atoms with van der Waals surface area (Å²) in [5.41, 5.74) is 108. The Morgan fingerprint density at radius 3 is 1.23 bits per heavy atom. The van der Waals surface area contributed by atoms with Gasteiger partial charge in [-0.25, -0.2) is 34.4 Å². The number of fused-ring (bicyclic) bond motifs is 1. The number of nitrogens with two attached hydrogens (primary N) is 19. The van der Waals surface area contributed by atoms with Gasteiger partial charge in [-0.1, -0.05) is 84.9 Å². The summed E-state index contributed by atoms with van der Waals surface area (Å²) in [5.74, 6) is 6.53. The van der Waals surface area contributed by atoms with E-state index in [0.29, 0.717) is 74.7 Å². The SMILES string of the molecule is CNc1ccccc1N.CNc1ccccc1NC.Nc1cccc2[nH]cnc12.Nc1ccccc1C(=O)O.Nc1ccccc1N.Nc1ccccc1O.Nc1ccccc1S.Nc1ccccn1.Nc1cccnc1N.Nc1ccncc1N.Nc1cnncc1N.Nc1ncc[nH]1.Nc1nccn1N.Nc1ncoc1N. The monoisotopic (exact) mass is 1570 g/mol. The smallest absolute Gasteiger partial charge is 0.337 e. The number of benzene rings is 7. The van der Waals surface area contributed by atoms with E-state index in [2.05, 4.69) is 88.0 Å². The number of hydrogen-bond acceptors (Lipinski definition) is 35. The zero-order valence-corrected chi connectivity index (χ0v) is 63.5. The minimum Gasteiger partial charge on any atom is -0.506 e. The van der Waals surface area contributed by atoms with Crippen molar-refractivity contribution < 1.29 is 19.4 Å². The van der Waals surface area contributed by atoms with E-state index in [4.69, 9.17) is 119 Å². The number of oxazole rings is 1. The maximum Gasteiger partial charge on any atom is 0.337 e. The van der Waals surface area contributed by atoms with Gasteiger partial charge in [0.15, 0.2) is 18.2 Å². The summed E-state index contributed by atoms with van der Waals surface area (Å²) in [6.45, 7) is 0. The van der Waals surface area contributed by atoms with E-state index in [1.54, 1.807) is 122 Å². The second-order valence-electron chi connectivity index (χ2n) is 21.6. The van der Waals surface area contributed by atoms with Crippen LogP contribution in [0.4, 0.5) is 121 Å². The second kappa shape index (κ2) is 54.0. The first kappa shape index (κ1) is 93.5. The molecule has 39 heteroatoms. The van der Waals surface area contributed by atoms with Gasteiger partial charge in [-0.15, -0.1) is 12.6 Å². The molecule has 0 aliphatic heterocycles. The average molecular weight is 1570 g/mol. The van der Waals surface area contributed by atoms with Crippen LogP contribution in [0.25, 0.3) is 11.0 Å². The highest BCUT2D eigenvalue weighted by molar-refractivity contribution is 7.80. The Hall–Kier alpha value is -16.6. The van der Waals surface area contributed by atoms with Crippen LogP contribution in [0.2, 0.25) is 0 Å². The van der Waals surface area contributed by atoms with Crippen LogP contribution in [-0.2, 0) is 0 Å². The molecule has 0 aliphatic carbocycles. The van der Waals surface area contributed by atoms with Gasteiger partial charge < -0.3 is 150 Å². The maximum absolute atomic E-state index is 10.3. The van der Waals surface area contributed by atoms with Gasteiger partial charge in [0.25, 0.3) is 0 Å². The highest BCUT2D eigenvalue weighted by Gasteiger charge is 2.04. The number of carboxylic acid groups (broad SMARTS) is 1. The predicted octanol–water partition coefficient (Wildman–Crippen LogP) is 8.38. The van der Waals surface area contributed by atoms with Gasteiger partial charge in [-0.2, -0.15) is 15.2 Å². The molecule has 0 unspecified atom stereocenters. The number of carboxylic acids is 1. The minimum absolute atomic E-state index is 0.146. The van der Waals surface area contributed by atoms with Crippen molar-refractivity contribution in [1.29, 1.82) is 0 Å². The van der Waals surface area contributed by atoms with E-state index in [1.807, 2.05) is 136 Å². The number of pyridine rings is 3. The van der Waals surface area contributed by atoms with Crippen molar-refractivity contribution >= 4 is 150 Å². The number of carbonyl (C=O) groups is 1. The summed E-state index contributed by atoms with van der Waals surface area (Å²) < 4.78 is 5.76. The molecule has 7 aromatic carbocycles. The molecule has 38 nitrogen and oxygen atoms in total. The third kappa shape index (κ3) is 39.1. The van der Waals surface area contributed by atoms with Crippen molar-refractivity contribution in [2.45, 2.75) is 4.90 Å². The van der Waals surface area contributed by atoms with Crippen molar-refractivity contribution in [3.8, 4) is 5.75 Å². The Morgan fingerprint density at radius 2 is 0.921 bits per heavy atom. The number of H-pyrrole nitrogens is 2. The molecular weight excluding hydrogens is 1470 g/mol. The summed E-state index contributed by atoms with van der Waals surface area (Å²) >= 11 is 4.07. The maximum atomic E-state index is 10.3. The fourth-order valence-electron chi connectivity index (χ4n) is 7.24. The lowest BCUT2D eigenvalue weighted by Crippen LogP contribution is -2.09. The van der Waals surface area contributed by atoms with Crippen LogP contribution < -0.4 is 125 Å². The Morgan fingerprint density at radius 1 is 0.421 bits per heavy atom. The van der Waals surface area contributed by atoms with Crippen molar-refractivity contribution in [3.63, 3.8) is 0 Å². The first-order valence-electron chi connectivity index (χ1n) is 33.1. The molecule has 0 aliphatic rings. The second-order valence-corrected chi connectivity index (χ2v) is 22.1. The standard InChI is InChI=1S/C8H12N2.C7H7N3.C7H10N2.C7H7NO2.C6H8N2.C6H7NO.C6H7NS.2C5H7N3.C5H6N2.C4H6N4.C3H6N4.C3H5N3O.C3H5N3/c1-9-7-5-3-4-6-8(7)10-2;8-5-2-1-3-6-7(5)10-4-9-6;1-9-7-5-3-2-4-6(7)8;8-6-4-2-1-3-5(6)7(9)10;3*7-5-3-1-2-4-6(5)8;6-4-1-2-8-3-5(4)7;6-4-2-1-3-8-5(4)7;6-5-3-1-2-4-7-5;5-3-1-7-8-2-4(3)6;4-3-6-1-2-7(3)5;4-2-3(5)7-1-6-2;4-3-5-1-2-6-3/h3-6,9-10H,1-2H3;1-4H,8H2,(H,9,10);2-5,9H,8H2,1H3;1-4H,8H2,(H,9,10);1-4H,7-8H2;2*1-4,8H,7H2;1-3H,7H2,(H2,6,8);1-3H,6H2,(H2,7,8);1-4H,(H2,6,7);1-2H,(H2,6,7)(H2,5,8);1-2H,5H2,(H2,4,6);1H,4-5H2;1-2H,(H3,4,5,6). The number of anilines is 21. The van der Waals surface area contributed by atoms with Gasteiger partial charge >= 0.3 is 5.97 Å². The van der Waals surface area contributed by atoms with Crippen LogP contribution in [0.15, 0.2) is 284 Å². The number of phenolic OH excluding ortho intramolecular Hbond substituents is 1. The molecule has 0 spiro atoms. The predicted molar refractivity (Wildman–Crippen MR) is 471 cm³/mol. The molecule has 0 amide bonds. The number of nitrogens with one attached hydrogen (secondary N) is 5. The molecular formula is C75H100N34O4S. The third-order valence-electron chi connectivity index (χ3n) is 13.3. The number of nitrogen functional groups attached to an aromatic ring is 19. The molecule has 0 fully saturated rings. The number of nitrogens with zero attached hydrogens (tertiary/aromatic N) is 10. The minimum atomic E-state index is -0.988. The van der Waals surface area contributed by atoms with Gasteiger partial charge in [-0.05, 0) is 115 Å². The number of thiol groups is 1. The first-order valence-corrected chi connectivity index (χ1v) is 33.5. The lowest BCUT2D eigenvalue weighted by Gasteiger charge is -2.06. The Labute approximate surface area is 663 Å². The molecule has 600 valence electrons. The quantitative estimate of drug-likeness (QED) is 0.0340. The summed E-state index contributed by atoms with van der Waals surface area (Å²) in [6.07, 6.45) is 18.5. The Balaban J connectivity index is 0.000000417.